The second-order valence-electron chi connectivity index (χ2n) is 7.33. The molecule has 0 aliphatic carbocycles. The molecule has 2 atom stereocenters. The average molecular weight is 420 g/mol. The van der Waals surface area contributed by atoms with E-state index in [4.69, 9.17) is 16.3 Å². The minimum Gasteiger partial charge on any atom is -0.493 e. The van der Waals surface area contributed by atoms with Gasteiger partial charge >= 0.3 is 0 Å². The van der Waals surface area contributed by atoms with Crippen LogP contribution in [-0.4, -0.2) is 45.3 Å². The largest absolute Gasteiger partial charge is 0.493 e. The van der Waals surface area contributed by atoms with Gasteiger partial charge in [0.15, 0.2) is 9.84 Å². The molecule has 0 amide bonds. The molecule has 1 fully saturated rings. The molecule has 2 aromatic rings. The van der Waals surface area contributed by atoms with E-state index in [2.05, 4.69) is 17.5 Å². The Hall–Kier alpha value is -1.82. The molecule has 0 unspecified atom stereocenters. The third-order valence-corrected chi connectivity index (χ3v) is 6.49. The molecule has 150 valence electrons. The highest BCUT2D eigenvalue weighted by molar-refractivity contribution is 7.90. The summed E-state index contributed by atoms with van der Waals surface area (Å²) in [5, 5.41) is 0.771. The van der Waals surface area contributed by atoms with Crippen molar-refractivity contribution in [3.05, 3.63) is 71.8 Å². The van der Waals surface area contributed by atoms with Crippen LogP contribution in [0.3, 0.4) is 0 Å². The van der Waals surface area contributed by atoms with Crippen LogP contribution in [0.2, 0.25) is 5.02 Å². The molecular formula is C22H26ClNO3S. The Labute approximate surface area is 172 Å². The maximum Gasteiger partial charge on any atom is 0.175 e. The van der Waals surface area contributed by atoms with Crippen LogP contribution in [0.15, 0.2) is 66.1 Å². The van der Waals surface area contributed by atoms with E-state index < -0.39 is 9.84 Å². The number of ether oxygens (including phenoxy) is 1. The molecule has 0 spiro atoms. The van der Waals surface area contributed by atoms with Crippen LogP contribution >= 0.6 is 11.6 Å². The van der Waals surface area contributed by atoms with Crippen LogP contribution in [0, 0.1) is 5.92 Å². The second-order valence-corrected chi connectivity index (χ2v) is 9.79. The van der Waals surface area contributed by atoms with E-state index in [1.807, 2.05) is 24.3 Å². The fourth-order valence-electron chi connectivity index (χ4n) is 3.62. The predicted molar refractivity (Wildman–Crippen MR) is 114 cm³/mol. The van der Waals surface area contributed by atoms with Gasteiger partial charge in [0.1, 0.15) is 5.75 Å². The van der Waals surface area contributed by atoms with Gasteiger partial charge in [-0.2, -0.15) is 0 Å². The molecule has 28 heavy (non-hydrogen) atoms. The molecule has 0 radical (unpaired) electrons. The number of benzene rings is 2. The van der Waals surface area contributed by atoms with Crippen molar-refractivity contribution in [3.8, 4) is 5.75 Å². The van der Waals surface area contributed by atoms with Crippen LogP contribution in [0.25, 0.3) is 0 Å². The van der Waals surface area contributed by atoms with Crippen molar-refractivity contribution >= 4 is 21.4 Å². The van der Waals surface area contributed by atoms with E-state index >= 15 is 0 Å². The van der Waals surface area contributed by atoms with Crippen molar-refractivity contribution in [2.75, 3.05) is 26.0 Å². The summed E-state index contributed by atoms with van der Waals surface area (Å²) in [5.41, 5.74) is 1.24. The van der Waals surface area contributed by atoms with Crippen molar-refractivity contribution in [1.82, 2.24) is 4.90 Å². The lowest BCUT2D eigenvalue weighted by Gasteiger charge is -2.21. The summed E-state index contributed by atoms with van der Waals surface area (Å²) in [6.45, 7) is 6.51. The smallest absolute Gasteiger partial charge is 0.175 e. The van der Waals surface area contributed by atoms with Gasteiger partial charge in [-0.1, -0.05) is 29.8 Å². The Morgan fingerprint density at radius 3 is 2.64 bits per heavy atom. The van der Waals surface area contributed by atoms with E-state index in [0.717, 1.165) is 31.0 Å². The Morgan fingerprint density at radius 2 is 2.00 bits per heavy atom. The standard InChI is InChI=1S/C22H26ClNO3S/c1-3-20-14-18(15-24(20)12-11-17-5-4-6-19(23)13-17)16-27-21-7-9-22(10-8-21)28(2,25)26/h3-10,13,18,20H,1,11-12,14-16H2,2H3/t18-,20-/m1/s1. The van der Waals surface area contributed by atoms with Crippen LogP contribution in [0.1, 0.15) is 12.0 Å². The summed E-state index contributed by atoms with van der Waals surface area (Å²) in [7, 11) is -3.18. The molecule has 0 aromatic heterocycles. The predicted octanol–water partition coefficient (Wildman–Crippen LogP) is 4.24. The monoisotopic (exact) mass is 419 g/mol. The summed E-state index contributed by atoms with van der Waals surface area (Å²) in [4.78, 5) is 2.74. The number of hydrogen-bond donors (Lipinski definition) is 0. The minimum atomic E-state index is -3.18. The number of nitrogens with zero attached hydrogens (tertiary/aromatic N) is 1. The first-order valence-corrected chi connectivity index (χ1v) is 11.7. The van der Waals surface area contributed by atoms with Gasteiger partial charge in [-0.3, -0.25) is 4.90 Å². The highest BCUT2D eigenvalue weighted by Gasteiger charge is 2.30. The maximum absolute atomic E-state index is 11.5. The summed E-state index contributed by atoms with van der Waals surface area (Å²) in [5.74, 6) is 1.11. The maximum atomic E-state index is 11.5. The molecule has 1 aliphatic heterocycles. The van der Waals surface area contributed by atoms with E-state index in [1.54, 1.807) is 24.3 Å². The lowest BCUT2D eigenvalue weighted by atomic mass is 10.1. The highest BCUT2D eigenvalue weighted by Crippen LogP contribution is 2.26. The zero-order valence-electron chi connectivity index (χ0n) is 16.1. The van der Waals surface area contributed by atoms with Crippen LogP contribution < -0.4 is 4.74 Å². The van der Waals surface area contributed by atoms with E-state index in [1.165, 1.54) is 11.8 Å². The van der Waals surface area contributed by atoms with E-state index in [9.17, 15) is 8.42 Å². The lowest BCUT2D eigenvalue weighted by molar-refractivity contribution is 0.237. The number of likely N-dealkylation sites (tertiary alicyclic amines) is 1. The quantitative estimate of drug-likeness (QED) is 0.600. The van der Waals surface area contributed by atoms with Crippen molar-refractivity contribution in [3.63, 3.8) is 0 Å². The molecule has 2 aromatic carbocycles. The Kier molecular flexibility index (Phi) is 6.81. The molecule has 1 aliphatic rings. The summed E-state index contributed by atoms with van der Waals surface area (Å²) >= 11 is 6.07. The Balaban J connectivity index is 1.52. The highest BCUT2D eigenvalue weighted by atomic mass is 35.5. The number of halogens is 1. The topological polar surface area (TPSA) is 46.6 Å². The zero-order valence-corrected chi connectivity index (χ0v) is 17.6. The van der Waals surface area contributed by atoms with Gasteiger partial charge < -0.3 is 4.74 Å². The fraction of sp³-hybridized carbons (Fsp3) is 0.364. The third kappa shape index (κ3) is 5.60. The van der Waals surface area contributed by atoms with Gasteiger partial charge in [-0.25, -0.2) is 8.42 Å². The number of sulfone groups is 1. The van der Waals surface area contributed by atoms with E-state index in [-0.39, 0.29) is 0 Å². The Bertz CT molecular complexity index is 912. The van der Waals surface area contributed by atoms with Crippen LogP contribution in [0.5, 0.6) is 5.75 Å². The molecule has 0 bridgehead atoms. The van der Waals surface area contributed by atoms with Gasteiger partial charge in [0.2, 0.25) is 0 Å². The summed E-state index contributed by atoms with van der Waals surface area (Å²) in [6.07, 6.45) is 5.18. The van der Waals surface area contributed by atoms with Gasteiger partial charge in [-0.15, -0.1) is 6.58 Å². The molecular weight excluding hydrogens is 394 g/mol. The van der Waals surface area contributed by atoms with Crippen molar-refractivity contribution in [2.24, 2.45) is 5.92 Å². The van der Waals surface area contributed by atoms with Crippen molar-refractivity contribution in [1.29, 1.82) is 0 Å². The molecule has 3 rings (SSSR count). The molecule has 6 heteroatoms. The van der Waals surface area contributed by atoms with Crippen LogP contribution in [-0.2, 0) is 16.3 Å². The van der Waals surface area contributed by atoms with Gasteiger partial charge in [0, 0.05) is 36.3 Å². The third-order valence-electron chi connectivity index (χ3n) is 5.12. The van der Waals surface area contributed by atoms with Crippen LogP contribution in [0.4, 0.5) is 0 Å². The SMILES string of the molecule is C=C[C@@H]1C[C@@H](COc2ccc(S(C)(=O)=O)cc2)CN1CCc1cccc(Cl)c1. The minimum absolute atomic E-state index is 0.305. The first kappa shape index (κ1) is 20.9. The van der Waals surface area contributed by atoms with Crippen molar-refractivity contribution in [2.45, 2.75) is 23.8 Å². The molecule has 0 saturated carbocycles. The van der Waals surface area contributed by atoms with Gasteiger partial charge in [-0.05, 0) is 54.8 Å². The fourth-order valence-corrected chi connectivity index (χ4v) is 4.46. The first-order valence-electron chi connectivity index (χ1n) is 9.39. The molecule has 1 saturated heterocycles. The zero-order chi connectivity index (χ0) is 20.1. The van der Waals surface area contributed by atoms with Crippen molar-refractivity contribution < 1.29 is 13.2 Å². The second kappa shape index (κ2) is 9.12. The van der Waals surface area contributed by atoms with Gasteiger partial charge in [0.25, 0.3) is 0 Å². The molecule has 0 N–H and O–H groups in total. The lowest BCUT2D eigenvalue weighted by Crippen LogP contribution is -2.30. The summed E-state index contributed by atoms with van der Waals surface area (Å²) < 4.78 is 29.0. The number of rotatable bonds is 8. The Morgan fingerprint density at radius 1 is 1.25 bits per heavy atom. The first-order chi connectivity index (χ1) is 13.3. The summed E-state index contributed by atoms with van der Waals surface area (Å²) in [6, 6.07) is 14.9. The van der Waals surface area contributed by atoms with Gasteiger partial charge in [0.05, 0.1) is 11.5 Å². The average Bonchev–Trinajstić information content (AvgIpc) is 3.07. The molecule has 4 nitrogen and oxygen atoms in total. The van der Waals surface area contributed by atoms with E-state index in [0.29, 0.717) is 29.2 Å². The normalized spacial score (nSPS) is 20.2. The number of hydrogen-bond acceptors (Lipinski definition) is 4. The molecule has 1 heterocycles.